The third kappa shape index (κ3) is 3.72. The number of carbonyl (C=O) groups excluding carboxylic acids is 2. The third-order valence-electron chi connectivity index (χ3n) is 3.10. The molecule has 1 fully saturated rings. The molecule has 0 aromatic rings. The average molecular weight is 256 g/mol. The summed E-state index contributed by atoms with van der Waals surface area (Å²) in [6, 6.07) is -0.919. The SMILES string of the molecule is CCCCN1CC(C(=O)NC(C)C(=O)O)CC1=O. The zero-order chi connectivity index (χ0) is 13.7. The molecule has 0 aliphatic carbocycles. The molecule has 18 heavy (non-hydrogen) atoms. The summed E-state index contributed by atoms with van der Waals surface area (Å²) in [7, 11) is 0. The molecular weight excluding hydrogens is 236 g/mol. The number of nitrogens with one attached hydrogen (secondary N) is 1. The summed E-state index contributed by atoms with van der Waals surface area (Å²) in [5, 5.41) is 11.1. The summed E-state index contributed by atoms with van der Waals surface area (Å²) >= 11 is 0. The van der Waals surface area contributed by atoms with E-state index in [1.165, 1.54) is 6.92 Å². The lowest BCUT2D eigenvalue weighted by Gasteiger charge is -2.16. The summed E-state index contributed by atoms with van der Waals surface area (Å²) in [4.78, 5) is 35.7. The predicted octanol–water partition coefficient (Wildman–Crippen LogP) is 0.224. The van der Waals surface area contributed by atoms with Gasteiger partial charge in [0.25, 0.3) is 0 Å². The van der Waals surface area contributed by atoms with Crippen LogP contribution in [0, 0.1) is 5.92 Å². The Morgan fingerprint density at radius 2 is 2.22 bits per heavy atom. The second-order valence-corrected chi connectivity index (χ2v) is 4.66. The zero-order valence-corrected chi connectivity index (χ0v) is 10.8. The van der Waals surface area contributed by atoms with Gasteiger partial charge in [-0.3, -0.25) is 14.4 Å². The number of carbonyl (C=O) groups is 3. The Morgan fingerprint density at radius 1 is 1.56 bits per heavy atom. The zero-order valence-electron chi connectivity index (χ0n) is 10.8. The summed E-state index contributed by atoms with van der Waals surface area (Å²) in [5.41, 5.74) is 0. The molecule has 1 heterocycles. The van der Waals surface area contributed by atoms with Gasteiger partial charge in [-0.1, -0.05) is 13.3 Å². The van der Waals surface area contributed by atoms with Gasteiger partial charge in [0.2, 0.25) is 11.8 Å². The molecule has 1 rings (SSSR count). The maximum absolute atomic E-state index is 11.8. The molecule has 0 aromatic carbocycles. The minimum absolute atomic E-state index is 0.0217. The van der Waals surface area contributed by atoms with Crippen LogP contribution in [0.2, 0.25) is 0 Å². The largest absolute Gasteiger partial charge is 0.480 e. The highest BCUT2D eigenvalue weighted by Crippen LogP contribution is 2.18. The van der Waals surface area contributed by atoms with Gasteiger partial charge in [-0.15, -0.1) is 0 Å². The standard InChI is InChI=1S/C12H20N2O4/c1-3-4-5-14-7-9(6-10(14)15)11(16)13-8(2)12(17)18/h8-9H,3-7H2,1-2H3,(H,13,16)(H,17,18). The highest BCUT2D eigenvalue weighted by Gasteiger charge is 2.34. The van der Waals surface area contributed by atoms with Crippen LogP contribution >= 0.6 is 0 Å². The number of hydrogen-bond acceptors (Lipinski definition) is 3. The number of amides is 2. The quantitative estimate of drug-likeness (QED) is 0.712. The number of likely N-dealkylation sites (tertiary alicyclic amines) is 1. The molecule has 0 radical (unpaired) electrons. The van der Waals surface area contributed by atoms with Crippen molar-refractivity contribution in [2.75, 3.05) is 13.1 Å². The van der Waals surface area contributed by atoms with Crippen LogP contribution in [-0.2, 0) is 14.4 Å². The summed E-state index contributed by atoms with van der Waals surface area (Å²) in [5.74, 6) is -1.87. The van der Waals surface area contributed by atoms with Gasteiger partial charge in [0.1, 0.15) is 6.04 Å². The van der Waals surface area contributed by atoms with Gasteiger partial charge in [0.15, 0.2) is 0 Å². The van der Waals surface area contributed by atoms with Crippen molar-refractivity contribution in [1.29, 1.82) is 0 Å². The fourth-order valence-corrected chi connectivity index (χ4v) is 1.91. The highest BCUT2D eigenvalue weighted by atomic mass is 16.4. The van der Waals surface area contributed by atoms with E-state index in [1.807, 2.05) is 6.92 Å². The molecule has 102 valence electrons. The summed E-state index contributed by atoms with van der Waals surface area (Å²) < 4.78 is 0. The lowest BCUT2D eigenvalue weighted by molar-refractivity contribution is -0.141. The summed E-state index contributed by atoms with van der Waals surface area (Å²) in [6.45, 7) is 4.52. The molecule has 2 unspecified atom stereocenters. The molecule has 1 aliphatic heterocycles. The lowest BCUT2D eigenvalue weighted by atomic mass is 10.1. The van der Waals surface area contributed by atoms with Crippen molar-refractivity contribution in [1.82, 2.24) is 10.2 Å². The Balaban J connectivity index is 2.47. The molecule has 2 N–H and O–H groups in total. The molecule has 2 amide bonds. The first-order chi connectivity index (χ1) is 8.45. The van der Waals surface area contributed by atoms with E-state index in [2.05, 4.69) is 5.32 Å². The van der Waals surface area contributed by atoms with Crippen molar-refractivity contribution in [2.45, 2.75) is 39.2 Å². The van der Waals surface area contributed by atoms with Gasteiger partial charge < -0.3 is 15.3 Å². The minimum atomic E-state index is -1.07. The minimum Gasteiger partial charge on any atom is -0.480 e. The molecule has 2 atom stereocenters. The van der Waals surface area contributed by atoms with Crippen LogP contribution in [0.25, 0.3) is 0 Å². The molecule has 0 bridgehead atoms. The van der Waals surface area contributed by atoms with Crippen LogP contribution in [0.15, 0.2) is 0 Å². The molecule has 0 spiro atoms. The Kier molecular flexibility index (Phi) is 5.12. The number of carboxylic acids is 1. The topological polar surface area (TPSA) is 86.7 Å². The lowest BCUT2D eigenvalue weighted by Crippen LogP contribution is -2.42. The number of aliphatic carboxylic acids is 1. The molecule has 6 heteroatoms. The van der Waals surface area contributed by atoms with E-state index in [0.29, 0.717) is 13.1 Å². The first kappa shape index (κ1) is 14.5. The van der Waals surface area contributed by atoms with Crippen LogP contribution in [0.5, 0.6) is 0 Å². The fraction of sp³-hybridized carbons (Fsp3) is 0.750. The van der Waals surface area contributed by atoms with Crippen molar-refractivity contribution in [2.24, 2.45) is 5.92 Å². The Bertz CT molecular complexity index is 343. The van der Waals surface area contributed by atoms with Crippen molar-refractivity contribution in [3.8, 4) is 0 Å². The van der Waals surface area contributed by atoms with Gasteiger partial charge in [0.05, 0.1) is 5.92 Å². The monoisotopic (exact) mass is 256 g/mol. The second kappa shape index (κ2) is 6.37. The average Bonchev–Trinajstić information content (AvgIpc) is 2.68. The molecule has 0 saturated carbocycles. The van der Waals surface area contributed by atoms with Gasteiger partial charge >= 0.3 is 5.97 Å². The van der Waals surface area contributed by atoms with Gasteiger partial charge in [0, 0.05) is 19.5 Å². The maximum atomic E-state index is 11.8. The van der Waals surface area contributed by atoms with Crippen molar-refractivity contribution in [3.63, 3.8) is 0 Å². The second-order valence-electron chi connectivity index (χ2n) is 4.66. The Labute approximate surface area is 106 Å². The summed E-state index contributed by atoms with van der Waals surface area (Å²) in [6.07, 6.45) is 2.10. The van der Waals surface area contributed by atoms with E-state index < -0.39 is 17.9 Å². The molecule has 1 aliphatic rings. The number of nitrogens with zero attached hydrogens (tertiary/aromatic N) is 1. The van der Waals surface area contributed by atoms with Gasteiger partial charge in [-0.05, 0) is 13.3 Å². The number of rotatable bonds is 6. The molecule has 6 nitrogen and oxygen atoms in total. The third-order valence-corrected chi connectivity index (χ3v) is 3.10. The van der Waals surface area contributed by atoms with Crippen LogP contribution in [-0.4, -0.2) is 46.9 Å². The molecule has 1 saturated heterocycles. The first-order valence-electron chi connectivity index (χ1n) is 6.26. The smallest absolute Gasteiger partial charge is 0.325 e. The highest BCUT2D eigenvalue weighted by molar-refractivity contribution is 5.91. The van der Waals surface area contributed by atoms with E-state index >= 15 is 0 Å². The first-order valence-corrected chi connectivity index (χ1v) is 6.26. The molecule has 0 aromatic heterocycles. The van der Waals surface area contributed by atoms with Crippen molar-refractivity contribution in [3.05, 3.63) is 0 Å². The predicted molar refractivity (Wildman–Crippen MR) is 64.8 cm³/mol. The van der Waals surface area contributed by atoms with Crippen LogP contribution < -0.4 is 5.32 Å². The normalized spacial score (nSPS) is 20.9. The van der Waals surface area contributed by atoms with E-state index in [9.17, 15) is 14.4 Å². The van der Waals surface area contributed by atoms with E-state index in [-0.39, 0.29) is 18.2 Å². The van der Waals surface area contributed by atoms with Crippen molar-refractivity contribution >= 4 is 17.8 Å². The van der Waals surface area contributed by atoms with E-state index in [0.717, 1.165) is 12.8 Å². The van der Waals surface area contributed by atoms with Crippen molar-refractivity contribution < 1.29 is 19.5 Å². The van der Waals surface area contributed by atoms with E-state index in [1.54, 1.807) is 4.90 Å². The number of unbranched alkanes of at least 4 members (excludes halogenated alkanes) is 1. The number of hydrogen-bond donors (Lipinski definition) is 2. The van der Waals surface area contributed by atoms with E-state index in [4.69, 9.17) is 5.11 Å². The van der Waals surface area contributed by atoms with Crippen LogP contribution in [0.4, 0.5) is 0 Å². The number of carboxylic acid groups (broad SMARTS) is 1. The van der Waals surface area contributed by atoms with Crippen LogP contribution in [0.3, 0.4) is 0 Å². The maximum Gasteiger partial charge on any atom is 0.325 e. The Hall–Kier alpha value is -1.59. The molecular formula is C12H20N2O4. The fourth-order valence-electron chi connectivity index (χ4n) is 1.91. The van der Waals surface area contributed by atoms with Gasteiger partial charge in [-0.25, -0.2) is 0 Å². The van der Waals surface area contributed by atoms with Crippen LogP contribution in [0.1, 0.15) is 33.1 Å². The van der Waals surface area contributed by atoms with Gasteiger partial charge in [-0.2, -0.15) is 0 Å². The Morgan fingerprint density at radius 3 is 2.78 bits per heavy atom.